The molecular formula is C21H36N2O4. The molecular weight excluding hydrogens is 344 g/mol. The molecule has 1 fully saturated rings. The molecule has 1 atom stereocenters. The molecule has 0 aromatic heterocycles. The van der Waals surface area contributed by atoms with Crippen molar-refractivity contribution in [1.29, 1.82) is 0 Å². The third-order valence-corrected chi connectivity index (χ3v) is 5.09. The van der Waals surface area contributed by atoms with E-state index >= 15 is 0 Å². The Morgan fingerprint density at radius 2 is 1.89 bits per heavy atom. The number of amides is 1. The van der Waals surface area contributed by atoms with Gasteiger partial charge in [-0.2, -0.15) is 0 Å². The standard InChI is InChI=1S/C21H36N2O4/c1-8-9-12-26-20(25)18(16(2)3)15-27-17-13-23(14-17)19(24)10-11-21(4,5)22(6)7/h16-18H,8-9,12-15H2,1-7H3. The highest BCUT2D eigenvalue weighted by atomic mass is 16.5. The van der Waals surface area contributed by atoms with E-state index in [9.17, 15) is 9.59 Å². The lowest BCUT2D eigenvalue weighted by molar-refractivity contribution is -0.158. The lowest BCUT2D eigenvalue weighted by Crippen LogP contribution is -2.55. The fourth-order valence-electron chi connectivity index (χ4n) is 2.30. The molecule has 154 valence electrons. The van der Waals surface area contributed by atoms with E-state index in [1.807, 2.05) is 46.7 Å². The molecule has 6 nitrogen and oxygen atoms in total. The fraction of sp³-hybridized carbons (Fsp3) is 0.810. The highest BCUT2D eigenvalue weighted by molar-refractivity contribution is 5.94. The molecule has 1 rings (SSSR count). The van der Waals surface area contributed by atoms with Gasteiger partial charge in [-0.15, -0.1) is 0 Å². The zero-order chi connectivity index (χ0) is 20.6. The fourth-order valence-corrected chi connectivity index (χ4v) is 2.30. The Bertz CT molecular complexity index is 554. The van der Waals surface area contributed by atoms with Gasteiger partial charge in [0.15, 0.2) is 0 Å². The molecule has 0 aromatic carbocycles. The summed E-state index contributed by atoms with van der Waals surface area (Å²) in [6.45, 7) is 11.8. The van der Waals surface area contributed by atoms with E-state index in [0.717, 1.165) is 12.8 Å². The van der Waals surface area contributed by atoms with Crippen LogP contribution in [0.25, 0.3) is 0 Å². The van der Waals surface area contributed by atoms with Crippen molar-refractivity contribution in [2.45, 2.75) is 59.1 Å². The van der Waals surface area contributed by atoms with Gasteiger partial charge in [0.1, 0.15) is 0 Å². The molecule has 1 aliphatic rings. The van der Waals surface area contributed by atoms with E-state index in [2.05, 4.69) is 18.8 Å². The zero-order valence-corrected chi connectivity index (χ0v) is 18.0. The monoisotopic (exact) mass is 380 g/mol. The molecule has 1 aliphatic heterocycles. The maximum Gasteiger partial charge on any atom is 0.311 e. The third kappa shape index (κ3) is 7.51. The Kier molecular flexibility index (Phi) is 9.28. The van der Waals surface area contributed by atoms with Crippen molar-refractivity contribution in [3.05, 3.63) is 0 Å². The molecule has 0 bridgehead atoms. The number of hydrogen-bond acceptors (Lipinski definition) is 5. The minimum atomic E-state index is -0.348. The smallest absolute Gasteiger partial charge is 0.311 e. The number of carbonyl (C=O) groups is 2. The summed E-state index contributed by atoms with van der Waals surface area (Å²) in [5.41, 5.74) is -0.348. The molecule has 1 amide bonds. The molecule has 6 heteroatoms. The summed E-state index contributed by atoms with van der Waals surface area (Å²) in [6.07, 6.45) is 1.83. The van der Waals surface area contributed by atoms with Crippen LogP contribution >= 0.6 is 0 Å². The van der Waals surface area contributed by atoms with Crippen molar-refractivity contribution < 1.29 is 19.1 Å². The predicted octanol–water partition coefficient (Wildman–Crippen LogP) is 2.17. The number of unbranched alkanes of at least 4 members (excludes halogenated alkanes) is 1. The second-order valence-corrected chi connectivity index (χ2v) is 8.24. The van der Waals surface area contributed by atoms with Crippen LogP contribution < -0.4 is 0 Å². The van der Waals surface area contributed by atoms with Crippen molar-refractivity contribution in [3.63, 3.8) is 0 Å². The van der Waals surface area contributed by atoms with Crippen molar-refractivity contribution in [3.8, 4) is 11.8 Å². The van der Waals surface area contributed by atoms with E-state index < -0.39 is 0 Å². The third-order valence-electron chi connectivity index (χ3n) is 5.09. The molecule has 0 aromatic rings. The Morgan fingerprint density at radius 3 is 2.41 bits per heavy atom. The van der Waals surface area contributed by atoms with Crippen molar-refractivity contribution in [1.82, 2.24) is 9.80 Å². The molecule has 0 saturated carbocycles. The summed E-state index contributed by atoms with van der Waals surface area (Å²) in [5, 5.41) is 0. The summed E-state index contributed by atoms with van der Waals surface area (Å²) in [6, 6.07) is 0. The average molecular weight is 381 g/mol. The largest absolute Gasteiger partial charge is 0.465 e. The van der Waals surface area contributed by atoms with E-state index in [1.54, 1.807) is 4.90 Å². The minimum Gasteiger partial charge on any atom is -0.465 e. The van der Waals surface area contributed by atoms with Gasteiger partial charge in [0, 0.05) is 13.1 Å². The Labute approximate surface area is 164 Å². The van der Waals surface area contributed by atoms with Crippen LogP contribution in [-0.4, -0.2) is 73.7 Å². The normalized spacial score (nSPS) is 16.0. The molecule has 1 saturated heterocycles. The van der Waals surface area contributed by atoms with Crippen LogP contribution in [0.2, 0.25) is 0 Å². The molecule has 0 aliphatic carbocycles. The number of esters is 1. The Morgan fingerprint density at radius 1 is 1.26 bits per heavy atom. The van der Waals surface area contributed by atoms with Crippen LogP contribution in [0.1, 0.15) is 47.5 Å². The van der Waals surface area contributed by atoms with Gasteiger partial charge >= 0.3 is 5.97 Å². The Hall–Kier alpha value is -1.58. The Balaban J connectivity index is 2.41. The molecule has 1 heterocycles. The van der Waals surface area contributed by atoms with Gasteiger partial charge in [0.05, 0.1) is 30.8 Å². The maximum atomic E-state index is 12.2. The highest BCUT2D eigenvalue weighted by Gasteiger charge is 2.33. The summed E-state index contributed by atoms with van der Waals surface area (Å²) < 4.78 is 11.2. The lowest BCUT2D eigenvalue weighted by Gasteiger charge is -2.38. The number of carbonyl (C=O) groups excluding carboxylic acids is 2. The van der Waals surface area contributed by atoms with E-state index in [-0.39, 0.29) is 35.4 Å². The van der Waals surface area contributed by atoms with E-state index in [1.165, 1.54) is 0 Å². The van der Waals surface area contributed by atoms with Crippen LogP contribution in [0.3, 0.4) is 0 Å². The second kappa shape index (κ2) is 10.7. The van der Waals surface area contributed by atoms with Gasteiger partial charge in [-0.1, -0.05) is 33.1 Å². The first-order chi connectivity index (χ1) is 12.6. The topological polar surface area (TPSA) is 59.1 Å². The van der Waals surface area contributed by atoms with Crippen molar-refractivity contribution >= 4 is 11.9 Å². The molecule has 0 spiro atoms. The molecule has 0 N–H and O–H groups in total. The number of rotatable bonds is 9. The van der Waals surface area contributed by atoms with Gasteiger partial charge in [0.2, 0.25) is 0 Å². The minimum absolute atomic E-state index is 0.0395. The second-order valence-electron chi connectivity index (χ2n) is 8.24. The zero-order valence-electron chi connectivity index (χ0n) is 18.0. The van der Waals surface area contributed by atoms with Gasteiger partial charge in [-0.3, -0.25) is 14.5 Å². The van der Waals surface area contributed by atoms with Gasteiger partial charge < -0.3 is 14.4 Å². The van der Waals surface area contributed by atoms with E-state index in [0.29, 0.717) is 26.3 Å². The molecule has 27 heavy (non-hydrogen) atoms. The number of likely N-dealkylation sites (tertiary alicyclic amines) is 1. The van der Waals surface area contributed by atoms with Crippen LogP contribution in [0, 0.1) is 23.7 Å². The average Bonchev–Trinajstić information content (AvgIpc) is 2.54. The molecule has 0 radical (unpaired) electrons. The quantitative estimate of drug-likeness (QED) is 0.349. The first kappa shape index (κ1) is 23.5. The van der Waals surface area contributed by atoms with Crippen molar-refractivity contribution in [2.75, 3.05) is 40.4 Å². The first-order valence-corrected chi connectivity index (χ1v) is 9.86. The summed E-state index contributed by atoms with van der Waals surface area (Å²) in [4.78, 5) is 28.0. The van der Waals surface area contributed by atoms with E-state index in [4.69, 9.17) is 9.47 Å². The van der Waals surface area contributed by atoms with Gasteiger partial charge in [-0.25, -0.2) is 0 Å². The van der Waals surface area contributed by atoms with Crippen LogP contribution in [-0.2, 0) is 19.1 Å². The summed E-state index contributed by atoms with van der Waals surface area (Å²) in [5.74, 6) is 5.24. The van der Waals surface area contributed by atoms with Gasteiger partial charge in [0.25, 0.3) is 5.91 Å². The lowest BCUT2D eigenvalue weighted by atomic mass is 9.97. The molecule has 1 unspecified atom stereocenters. The summed E-state index contributed by atoms with van der Waals surface area (Å²) in [7, 11) is 3.87. The number of ether oxygens (including phenoxy) is 2. The van der Waals surface area contributed by atoms with Crippen molar-refractivity contribution in [2.24, 2.45) is 11.8 Å². The first-order valence-electron chi connectivity index (χ1n) is 9.86. The SMILES string of the molecule is CCCCOC(=O)C(COC1CN(C(=O)C#CC(C)(C)N(C)C)C1)C(C)C. The predicted molar refractivity (Wildman–Crippen MR) is 106 cm³/mol. The maximum absolute atomic E-state index is 12.2. The highest BCUT2D eigenvalue weighted by Crippen LogP contribution is 2.18. The van der Waals surface area contributed by atoms with Gasteiger partial charge in [-0.05, 0) is 46.2 Å². The van der Waals surface area contributed by atoms with Crippen LogP contribution in [0.5, 0.6) is 0 Å². The number of hydrogen-bond donors (Lipinski definition) is 0. The van der Waals surface area contributed by atoms with Crippen LogP contribution in [0.15, 0.2) is 0 Å². The summed E-state index contributed by atoms with van der Waals surface area (Å²) >= 11 is 0. The number of nitrogens with zero attached hydrogens (tertiary/aromatic N) is 2. The van der Waals surface area contributed by atoms with Crippen LogP contribution in [0.4, 0.5) is 0 Å².